The molecule has 0 aliphatic carbocycles. The average molecular weight is 377 g/mol. The first-order valence-corrected chi connectivity index (χ1v) is 9.35. The van der Waals surface area contributed by atoms with Crippen molar-refractivity contribution in [1.82, 2.24) is 9.47 Å². The number of benzene rings is 2. The number of piperazine rings is 1. The molecule has 4 rings (SSSR count). The topological polar surface area (TPSA) is 54.8 Å². The van der Waals surface area contributed by atoms with Gasteiger partial charge in [-0.15, -0.1) is 0 Å². The van der Waals surface area contributed by atoms with Crippen LogP contribution in [-0.4, -0.2) is 48.7 Å². The van der Waals surface area contributed by atoms with Crippen LogP contribution in [0.3, 0.4) is 0 Å². The lowest BCUT2D eigenvalue weighted by atomic mass is 10.1. The lowest BCUT2D eigenvalue weighted by molar-refractivity contribution is 0.0748. The fourth-order valence-corrected chi connectivity index (χ4v) is 3.73. The van der Waals surface area contributed by atoms with E-state index in [2.05, 4.69) is 11.0 Å². The van der Waals surface area contributed by atoms with E-state index in [1.165, 1.54) is 4.57 Å². The number of hydrogen-bond acceptors (Lipinski definition) is 4. The van der Waals surface area contributed by atoms with Gasteiger partial charge in [0.15, 0.2) is 0 Å². The quantitative estimate of drug-likeness (QED) is 0.704. The number of aromatic nitrogens is 1. The Morgan fingerprint density at radius 1 is 0.964 bits per heavy atom. The van der Waals surface area contributed by atoms with Crippen molar-refractivity contribution < 1.29 is 9.53 Å². The molecule has 2 aromatic carbocycles. The predicted octanol–water partition coefficient (Wildman–Crippen LogP) is 2.51. The Morgan fingerprint density at radius 2 is 1.68 bits per heavy atom. The minimum absolute atomic E-state index is 0.0305. The molecule has 2 heterocycles. The summed E-state index contributed by atoms with van der Waals surface area (Å²) < 4.78 is 6.79. The molecule has 1 fully saturated rings. The maximum atomic E-state index is 13.2. The molecule has 1 aliphatic heterocycles. The highest BCUT2D eigenvalue weighted by Gasteiger charge is 2.24. The number of aryl methyl sites for hydroxylation is 1. The molecule has 0 saturated carbocycles. The van der Waals surface area contributed by atoms with Gasteiger partial charge in [-0.3, -0.25) is 9.59 Å². The van der Waals surface area contributed by atoms with Crippen LogP contribution >= 0.6 is 0 Å². The molecule has 1 aliphatic rings. The lowest BCUT2D eigenvalue weighted by Gasteiger charge is -2.36. The van der Waals surface area contributed by atoms with E-state index in [9.17, 15) is 9.59 Å². The van der Waals surface area contributed by atoms with E-state index in [-0.39, 0.29) is 11.5 Å². The molecule has 1 saturated heterocycles. The van der Waals surface area contributed by atoms with E-state index in [1.807, 2.05) is 41.3 Å². The molecule has 144 valence electrons. The molecule has 28 heavy (non-hydrogen) atoms. The Hall–Kier alpha value is -3.28. The summed E-state index contributed by atoms with van der Waals surface area (Å²) in [4.78, 5) is 29.7. The van der Waals surface area contributed by atoms with Crippen molar-refractivity contribution in [3.8, 4) is 5.75 Å². The van der Waals surface area contributed by atoms with E-state index in [1.54, 1.807) is 26.4 Å². The summed E-state index contributed by atoms with van der Waals surface area (Å²) >= 11 is 0. The SMILES string of the molecule is COc1cccc(N2CCN(C(=O)c3cn(C)c(=O)c4ccccc34)CC2)c1. The molecule has 6 heteroatoms. The summed E-state index contributed by atoms with van der Waals surface area (Å²) in [7, 11) is 3.35. The zero-order chi connectivity index (χ0) is 19.7. The van der Waals surface area contributed by atoms with Crippen molar-refractivity contribution in [3.63, 3.8) is 0 Å². The second-order valence-corrected chi connectivity index (χ2v) is 6.99. The van der Waals surface area contributed by atoms with Crippen molar-refractivity contribution in [1.29, 1.82) is 0 Å². The van der Waals surface area contributed by atoms with Crippen LogP contribution in [0.4, 0.5) is 5.69 Å². The predicted molar refractivity (Wildman–Crippen MR) is 110 cm³/mol. The zero-order valence-corrected chi connectivity index (χ0v) is 16.1. The molecule has 0 N–H and O–H groups in total. The van der Waals surface area contributed by atoms with Gasteiger partial charge in [0.1, 0.15) is 5.75 Å². The highest BCUT2D eigenvalue weighted by molar-refractivity contribution is 6.06. The summed E-state index contributed by atoms with van der Waals surface area (Å²) in [6.45, 7) is 2.77. The van der Waals surface area contributed by atoms with Crippen molar-refractivity contribution in [2.75, 3.05) is 38.2 Å². The van der Waals surface area contributed by atoms with Gasteiger partial charge in [-0.2, -0.15) is 0 Å². The Bertz CT molecular complexity index is 1080. The van der Waals surface area contributed by atoms with Gasteiger partial charge in [0.25, 0.3) is 11.5 Å². The van der Waals surface area contributed by atoms with Gasteiger partial charge in [-0.05, 0) is 18.2 Å². The first kappa shape index (κ1) is 18.1. The Balaban J connectivity index is 1.56. The fourth-order valence-electron chi connectivity index (χ4n) is 3.73. The van der Waals surface area contributed by atoms with Gasteiger partial charge in [0, 0.05) is 61.9 Å². The molecular formula is C22H23N3O3. The van der Waals surface area contributed by atoms with Crippen molar-refractivity contribution in [2.24, 2.45) is 7.05 Å². The first-order chi connectivity index (χ1) is 13.6. The molecule has 1 aromatic heterocycles. The van der Waals surface area contributed by atoms with E-state index in [4.69, 9.17) is 4.74 Å². The normalized spacial score (nSPS) is 14.4. The van der Waals surface area contributed by atoms with Crippen LogP contribution in [0.2, 0.25) is 0 Å². The summed E-state index contributed by atoms with van der Waals surface area (Å²) in [5.74, 6) is 0.796. The third kappa shape index (κ3) is 3.22. The van der Waals surface area contributed by atoms with Gasteiger partial charge in [0.2, 0.25) is 0 Å². The molecule has 0 spiro atoms. The van der Waals surface area contributed by atoms with Crippen LogP contribution < -0.4 is 15.2 Å². The smallest absolute Gasteiger partial charge is 0.258 e. The molecule has 0 unspecified atom stereocenters. The molecule has 0 bridgehead atoms. The average Bonchev–Trinajstić information content (AvgIpc) is 2.76. The van der Waals surface area contributed by atoms with Crippen molar-refractivity contribution in [2.45, 2.75) is 0 Å². The summed E-state index contributed by atoms with van der Waals surface area (Å²) in [5.41, 5.74) is 1.58. The summed E-state index contributed by atoms with van der Waals surface area (Å²) in [5, 5.41) is 1.29. The van der Waals surface area contributed by atoms with Crippen molar-refractivity contribution >= 4 is 22.4 Å². The standard InChI is InChI=1S/C22H23N3O3/c1-23-15-20(18-8-3-4-9-19(18)21(23)26)22(27)25-12-10-24(11-13-25)16-6-5-7-17(14-16)28-2/h3-9,14-15H,10-13H2,1-2H3. The second-order valence-electron chi connectivity index (χ2n) is 6.99. The van der Waals surface area contributed by atoms with Gasteiger partial charge < -0.3 is 19.1 Å². The van der Waals surface area contributed by atoms with Gasteiger partial charge in [0.05, 0.1) is 12.7 Å². The molecular weight excluding hydrogens is 354 g/mol. The minimum Gasteiger partial charge on any atom is -0.497 e. The third-order valence-electron chi connectivity index (χ3n) is 5.31. The highest BCUT2D eigenvalue weighted by Crippen LogP contribution is 2.23. The summed E-state index contributed by atoms with van der Waals surface area (Å²) in [6, 6.07) is 15.3. The molecule has 0 atom stereocenters. The van der Waals surface area contributed by atoms with Gasteiger partial charge in [-0.25, -0.2) is 0 Å². The van der Waals surface area contributed by atoms with E-state index < -0.39 is 0 Å². The highest BCUT2D eigenvalue weighted by atomic mass is 16.5. The monoisotopic (exact) mass is 377 g/mol. The van der Waals surface area contributed by atoms with Crippen LogP contribution in [-0.2, 0) is 7.05 Å². The lowest BCUT2D eigenvalue weighted by Crippen LogP contribution is -2.49. The van der Waals surface area contributed by atoms with Crippen LogP contribution in [0, 0.1) is 0 Å². The number of rotatable bonds is 3. The number of anilines is 1. The summed E-state index contributed by atoms with van der Waals surface area (Å²) in [6.07, 6.45) is 1.65. The number of amides is 1. The number of carbonyl (C=O) groups excluding carboxylic acids is 1. The van der Waals surface area contributed by atoms with E-state index in [0.29, 0.717) is 29.4 Å². The maximum absolute atomic E-state index is 13.2. The van der Waals surface area contributed by atoms with Gasteiger partial charge in [-0.1, -0.05) is 24.3 Å². The molecule has 3 aromatic rings. The molecule has 6 nitrogen and oxygen atoms in total. The number of pyridine rings is 1. The number of carbonyl (C=O) groups is 1. The molecule has 0 radical (unpaired) electrons. The number of ether oxygens (including phenoxy) is 1. The minimum atomic E-state index is -0.0880. The van der Waals surface area contributed by atoms with E-state index in [0.717, 1.165) is 24.5 Å². The van der Waals surface area contributed by atoms with E-state index >= 15 is 0 Å². The Labute approximate surface area is 163 Å². The largest absolute Gasteiger partial charge is 0.497 e. The van der Waals surface area contributed by atoms with Crippen molar-refractivity contribution in [3.05, 3.63) is 70.6 Å². The van der Waals surface area contributed by atoms with Crippen LogP contribution in [0.25, 0.3) is 10.8 Å². The number of fused-ring (bicyclic) bond motifs is 1. The Morgan fingerprint density at radius 3 is 2.39 bits per heavy atom. The fraction of sp³-hybridized carbons (Fsp3) is 0.273. The van der Waals surface area contributed by atoms with Gasteiger partial charge >= 0.3 is 0 Å². The van der Waals surface area contributed by atoms with Crippen LogP contribution in [0.1, 0.15) is 10.4 Å². The number of hydrogen-bond donors (Lipinski definition) is 0. The first-order valence-electron chi connectivity index (χ1n) is 9.35. The zero-order valence-electron chi connectivity index (χ0n) is 16.1. The third-order valence-corrected chi connectivity index (χ3v) is 5.31. The number of nitrogens with zero attached hydrogens (tertiary/aromatic N) is 3. The second kappa shape index (κ2) is 7.38. The number of methoxy groups -OCH3 is 1. The van der Waals surface area contributed by atoms with Crippen LogP contribution in [0.5, 0.6) is 5.75 Å². The molecule has 1 amide bonds. The maximum Gasteiger partial charge on any atom is 0.258 e. The Kier molecular flexibility index (Phi) is 4.77. The van der Waals surface area contributed by atoms with Crippen LogP contribution in [0.15, 0.2) is 59.5 Å².